The summed E-state index contributed by atoms with van der Waals surface area (Å²) in [5.74, 6) is 1.75. The third kappa shape index (κ3) is 2.26. The highest BCUT2D eigenvalue weighted by Gasteiger charge is 2.26. The van der Waals surface area contributed by atoms with Crippen molar-refractivity contribution in [2.24, 2.45) is 0 Å². The average Bonchev–Trinajstić information content (AvgIpc) is 2.75. The van der Waals surface area contributed by atoms with E-state index < -0.39 is 0 Å². The van der Waals surface area contributed by atoms with E-state index in [1.807, 2.05) is 26.0 Å². The van der Waals surface area contributed by atoms with Crippen molar-refractivity contribution in [3.63, 3.8) is 0 Å². The van der Waals surface area contributed by atoms with Crippen LogP contribution in [0.1, 0.15) is 24.5 Å². The van der Waals surface area contributed by atoms with Gasteiger partial charge in [0.25, 0.3) is 0 Å². The lowest BCUT2D eigenvalue weighted by Gasteiger charge is -2.33. The number of ether oxygens (including phenoxy) is 1. The molecule has 0 unspecified atom stereocenters. The molecule has 0 saturated carbocycles. The van der Waals surface area contributed by atoms with Crippen molar-refractivity contribution in [3.8, 4) is 6.07 Å². The third-order valence-electron chi connectivity index (χ3n) is 2.91. The highest BCUT2D eigenvalue weighted by molar-refractivity contribution is 5.09. The van der Waals surface area contributed by atoms with E-state index in [1.165, 1.54) is 0 Å². The van der Waals surface area contributed by atoms with Crippen molar-refractivity contribution in [1.29, 1.82) is 5.26 Å². The van der Waals surface area contributed by atoms with Crippen LogP contribution in [0.5, 0.6) is 0 Å². The zero-order valence-electron chi connectivity index (χ0n) is 9.64. The van der Waals surface area contributed by atoms with E-state index in [9.17, 15) is 0 Å². The number of hydrogen-bond acceptors (Lipinski definition) is 4. The predicted octanol–water partition coefficient (Wildman–Crippen LogP) is 1.87. The summed E-state index contributed by atoms with van der Waals surface area (Å²) in [5.41, 5.74) is 0. The predicted molar refractivity (Wildman–Crippen MR) is 58.8 cm³/mol. The molecule has 2 heterocycles. The molecular formula is C12H16N2O2. The number of nitriles is 1. The van der Waals surface area contributed by atoms with Crippen molar-refractivity contribution in [2.45, 2.75) is 26.0 Å². The van der Waals surface area contributed by atoms with Gasteiger partial charge >= 0.3 is 0 Å². The number of hydrogen-bond donors (Lipinski definition) is 0. The Bertz CT molecular complexity index is 394. The first-order valence-corrected chi connectivity index (χ1v) is 5.52. The van der Waals surface area contributed by atoms with Crippen LogP contribution in [0.15, 0.2) is 16.5 Å². The third-order valence-corrected chi connectivity index (χ3v) is 2.91. The van der Waals surface area contributed by atoms with Gasteiger partial charge in [0.2, 0.25) is 0 Å². The molecule has 2 rings (SSSR count). The van der Waals surface area contributed by atoms with Crippen LogP contribution in [0.2, 0.25) is 0 Å². The van der Waals surface area contributed by atoms with Crippen LogP contribution >= 0.6 is 0 Å². The van der Waals surface area contributed by atoms with Gasteiger partial charge in [0.05, 0.1) is 18.7 Å². The number of aryl methyl sites for hydroxylation is 1. The molecule has 1 aliphatic rings. The Labute approximate surface area is 95.4 Å². The molecule has 0 bridgehead atoms. The van der Waals surface area contributed by atoms with Gasteiger partial charge in [-0.15, -0.1) is 0 Å². The Morgan fingerprint density at radius 1 is 1.56 bits per heavy atom. The largest absolute Gasteiger partial charge is 0.464 e. The summed E-state index contributed by atoms with van der Waals surface area (Å²) in [7, 11) is 0. The Hall–Kier alpha value is -1.31. The Kier molecular flexibility index (Phi) is 3.28. The van der Waals surface area contributed by atoms with Crippen LogP contribution in [-0.4, -0.2) is 30.6 Å². The quantitative estimate of drug-likeness (QED) is 0.763. The van der Waals surface area contributed by atoms with Gasteiger partial charge in [0.1, 0.15) is 17.6 Å². The lowest BCUT2D eigenvalue weighted by atomic mass is 10.2. The van der Waals surface area contributed by atoms with Gasteiger partial charge in [-0.05, 0) is 26.0 Å². The molecule has 0 N–H and O–H groups in total. The van der Waals surface area contributed by atoms with Gasteiger partial charge in [-0.2, -0.15) is 5.26 Å². The Balaban J connectivity index is 2.05. The van der Waals surface area contributed by atoms with Gasteiger partial charge in [0, 0.05) is 13.1 Å². The molecule has 0 amide bonds. The number of furan rings is 1. The normalized spacial score (nSPS) is 23.9. The van der Waals surface area contributed by atoms with Crippen molar-refractivity contribution in [3.05, 3.63) is 23.7 Å². The molecule has 4 nitrogen and oxygen atoms in total. The van der Waals surface area contributed by atoms with Crippen LogP contribution in [0.25, 0.3) is 0 Å². The highest BCUT2D eigenvalue weighted by Crippen LogP contribution is 2.24. The fraction of sp³-hybridized carbons (Fsp3) is 0.583. The maximum absolute atomic E-state index is 8.89. The van der Waals surface area contributed by atoms with Crippen molar-refractivity contribution < 1.29 is 9.15 Å². The Morgan fingerprint density at radius 2 is 2.38 bits per heavy atom. The van der Waals surface area contributed by atoms with Crippen molar-refractivity contribution >= 4 is 0 Å². The van der Waals surface area contributed by atoms with Crippen LogP contribution in [0.4, 0.5) is 0 Å². The Morgan fingerprint density at radius 3 is 3.00 bits per heavy atom. The van der Waals surface area contributed by atoms with Gasteiger partial charge < -0.3 is 9.15 Å². The highest BCUT2D eigenvalue weighted by atomic mass is 16.5. The van der Waals surface area contributed by atoms with E-state index in [2.05, 4.69) is 11.0 Å². The first-order chi connectivity index (χ1) is 7.70. The summed E-state index contributed by atoms with van der Waals surface area (Å²) in [6, 6.07) is 6.07. The molecule has 1 aromatic rings. The van der Waals surface area contributed by atoms with E-state index in [4.69, 9.17) is 14.4 Å². The molecule has 16 heavy (non-hydrogen) atoms. The monoisotopic (exact) mass is 220 g/mol. The number of nitrogens with zero attached hydrogens (tertiary/aromatic N) is 2. The fourth-order valence-electron chi connectivity index (χ4n) is 1.90. The molecule has 0 spiro atoms. The molecule has 2 atom stereocenters. The lowest BCUT2D eigenvalue weighted by Crippen LogP contribution is -2.42. The molecule has 0 aromatic carbocycles. The second-order valence-corrected chi connectivity index (χ2v) is 4.11. The molecule has 4 heteroatoms. The fourth-order valence-corrected chi connectivity index (χ4v) is 1.90. The van der Waals surface area contributed by atoms with Crippen LogP contribution < -0.4 is 0 Å². The molecule has 1 aliphatic heterocycles. The van der Waals surface area contributed by atoms with E-state index in [0.29, 0.717) is 6.61 Å². The van der Waals surface area contributed by atoms with Gasteiger partial charge in [-0.1, -0.05) is 0 Å². The van der Waals surface area contributed by atoms with Crippen molar-refractivity contribution in [2.75, 3.05) is 19.7 Å². The smallest absolute Gasteiger partial charge is 0.134 e. The molecule has 0 radical (unpaired) electrons. The number of morpholine rings is 1. The zero-order chi connectivity index (χ0) is 11.5. The molecule has 86 valence electrons. The average molecular weight is 220 g/mol. The maximum atomic E-state index is 8.89. The van der Waals surface area contributed by atoms with Crippen molar-refractivity contribution in [1.82, 2.24) is 4.90 Å². The van der Waals surface area contributed by atoms with E-state index in [-0.39, 0.29) is 12.1 Å². The molecule has 1 aromatic heterocycles. The summed E-state index contributed by atoms with van der Waals surface area (Å²) in [4.78, 5) is 2.12. The molecule has 1 saturated heterocycles. The van der Waals surface area contributed by atoms with Gasteiger partial charge in [0.15, 0.2) is 0 Å². The summed E-state index contributed by atoms with van der Waals surface area (Å²) in [6.07, 6.45) is -0.0433. The van der Waals surface area contributed by atoms with Gasteiger partial charge in [-0.3, -0.25) is 4.90 Å². The lowest BCUT2D eigenvalue weighted by molar-refractivity contribution is -0.0457. The second kappa shape index (κ2) is 4.69. The topological polar surface area (TPSA) is 49.4 Å². The van der Waals surface area contributed by atoms with Crippen LogP contribution in [0.3, 0.4) is 0 Å². The standard InChI is InChI=1S/C12H16N2O2/c1-9(7-13)14-5-6-15-12(8-14)11-4-3-10(2)16-11/h3-4,9,12H,5-6,8H2,1-2H3/t9-,12-/m0/s1. The summed E-state index contributed by atoms with van der Waals surface area (Å²) < 4.78 is 11.2. The van der Waals surface area contributed by atoms with Crippen LogP contribution in [0, 0.1) is 18.3 Å². The summed E-state index contributed by atoms with van der Waals surface area (Å²) >= 11 is 0. The second-order valence-electron chi connectivity index (χ2n) is 4.11. The van der Waals surface area contributed by atoms with E-state index in [0.717, 1.165) is 24.6 Å². The number of rotatable bonds is 2. The minimum absolute atomic E-state index is 0.0433. The minimum Gasteiger partial charge on any atom is -0.464 e. The maximum Gasteiger partial charge on any atom is 0.134 e. The molecule has 1 fully saturated rings. The van der Waals surface area contributed by atoms with Crippen LogP contribution in [-0.2, 0) is 4.74 Å². The first-order valence-electron chi connectivity index (χ1n) is 5.52. The van der Waals surface area contributed by atoms with E-state index >= 15 is 0 Å². The zero-order valence-corrected chi connectivity index (χ0v) is 9.64. The van der Waals surface area contributed by atoms with Gasteiger partial charge in [-0.25, -0.2) is 0 Å². The first kappa shape index (κ1) is 11.2. The van der Waals surface area contributed by atoms with E-state index in [1.54, 1.807) is 0 Å². The summed E-state index contributed by atoms with van der Waals surface area (Å²) in [5, 5.41) is 8.89. The SMILES string of the molecule is Cc1ccc([C@@H]2CN([C@@H](C)C#N)CCO2)o1. The molecular weight excluding hydrogens is 204 g/mol. The molecule has 0 aliphatic carbocycles. The summed E-state index contributed by atoms with van der Waals surface area (Å²) in [6.45, 7) is 6.01. The minimum atomic E-state index is -0.0672.